The third kappa shape index (κ3) is 4.08. The standard InChI is InChI=1S/C22H27N3O2/c26-21-11-4-3-10-20(21)25-14-12-24(13-15-25)16-22(27)23-19-9-5-7-17-6-1-2-8-18(17)19/h1-4,6,8,10-11,19,26H,5,7,9,12-16H2,(H,23,27)/t19-/m1/s1. The summed E-state index contributed by atoms with van der Waals surface area (Å²) in [5.41, 5.74) is 3.52. The summed E-state index contributed by atoms with van der Waals surface area (Å²) >= 11 is 0. The number of fused-ring (bicyclic) bond motifs is 1. The van der Waals surface area contributed by atoms with Gasteiger partial charge >= 0.3 is 0 Å². The lowest BCUT2D eigenvalue weighted by Crippen LogP contribution is -2.50. The molecule has 5 nitrogen and oxygen atoms in total. The molecular formula is C22H27N3O2. The molecule has 1 amide bonds. The van der Waals surface area contributed by atoms with Gasteiger partial charge in [-0.2, -0.15) is 0 Å². The molecule has 1 fully saturated rings. The fourth-order valence-electron chi connectivity index (χ4n) is 4.23. The average molecular weight is 365 g/mol. The van der Waals surface area contributed by atoms with Gasteiger partial charge in [0.05, 0.1) is 18.3 Å². The number of piperazine rings is 1. The van der Waals surface area contributed by atoms with Gasteiger partial charge in [0, 0.05) is 26.2 Å². The number of nitrogens with zero attached hydrogens (tertiary/aromatic N) is 2. The quantitative estimate of drug-likeness (QED) is 0.875. The maximum absolute atomic E-state index is 12.6. The summed E-state index contributed by atoms with van der Waals surface area (Å²) in [6.07, 6.45) is 3.25. The van der Waals surface area contributed by atoms with E-state index < -0.39 is 0 Å². The Morgan fingerprint density at radius 2 is 1.78 bits per heavy atom. The lowest BCUT2D eigenvalue weighted by Gasteiger charge is -2.36. The van der Waals surface area contributed by atoms with Crippen LogP contribution in [0.5, 0.6) is 5.75 Å². The van der Waals surface area contributed by atoms with Crippen LogP contribution >= 0.6 is 0 Å². The van der Waals surface area contributed by atoms with Gasteiger partial charge < -0.3 is 15.3 Å². The summed E-state index contributed by atoms with van der Waals surface area (Å²) in [4.78, 5) is 17.0. The maximum atomic E-state index is 12.6. The number of phenolic OH excluding ortho intramolecular Hbond substituents is 1. The molecule has 2 aliphatic rings. The van der Waals surface area contributed by atoms with E-state index >= 15 is 0 Å². The van der Waals surface area contributed by atoms with Crippen LogP contribution in [0, 0.1) is 0 Å². The van der Waals surface area contributed by atoms with Gasteiger partial charge in [-0.05, 0) is 42.5 Å². The number of amides is 1. The molecule has 0 aromatic heterocycles. The van der Waals surface area contributed by atoms with Crippen molar-refractivity contribution in [2.45, 2.75) is 25.3 Å². The normalized spacial score (nSPS) is 20.1. The molecule has 4 rings (SSSR count). The second-order valence-electron chi connectivity index (χ2n) is 7.46. The molecule has 1 saturated heterocycles. The zero-order valence-corrected chi connectivity index (χ0v) is 15.6. The molecule has 2 N–H and O–H groups in total. The third-order valence-electron chi connectivity index (χ3n) is 5.67. The van der Waals surface area contributed by atoms with Crippen molar-refractivity contribution in [2.24, 2.45) is 0 Å². The van der Waals surface area contributed by atoms with Crippen molar-refractivity contribution in [3.05, 3.63) is 59.7 Å². The van der Waals surface area contributed by atoms with Gasteiger partial charge in [-0.3, -0.25) is 9.69 Å². The van der Waals surface area contributed by atoms with Crippen molar-refractivity contribution in [2.75, 3.05) is 37.6 Å². The summed E-state index contributed by atoms with van der Waals surface area (Å²) in [6.45, 7) is 3.72. The van der Waals surface area contributed by atoms with Crippen molar-refractivity contribution < 1.29 is 9.90 Å². The number of benzene rings is 2. The van der Waals surface area contributed by atoms with Gasteiger partial charge in [0.1, 0.15) is 5.75 Å². The van der Waals surface area contributed by atoms with E-state index in [2.05, 4.69) is 39.4 Å². The number of rotatable bonds is 4. The Morgan fingerprint density at radius 1 is 1.04 bits per heavy atom. The zero-order valence-electron chi connectivity index (χ0n) is 15.6. The Labute approximate surface area is 160 Å². The van der Waals surface area contributed by atoms with E-state index in [9.17, 15) is 9.90 Å². The number of aromatic hydroxyl groups is 1. The van der Waals surface area contributed by atoms with Crippen LogP contribution in [0.1, 0.15) is 30.0 Å². The first kappa shape index (κ1) is 17.9. The van der Waals surface area contributed by atoms with Crippen LogP contribution < -0.4 is 10.2 Å². The van der Waals surface area contributed by atoms with Gasteiger partial charge in [-0.15, -0.1) is 0 Å². The van der Waals surface area contributed by atoms with E-state index in [0.29, 0.717) is 12.3 Å². The van der Waals surface area contributed by atoms with Crippen LogP contribution in [0.15, 0.2) is 48.5 Å². The molecule has 0 radical (unpaired) electrons. The van der Waals surface area contributed by atoms with Crippen molar-refractivity contribution in [3.8, 4) is 5.75 Å². The molecule has 142 valence electrons. The van der Waals surface area contributed by atoms with E-state index in [1.807, 2.05) is 18.2 Å². The summed E-state index contributed by atoms with van der Waals surface area (Å²) in [5, 5.41) is 13.3. The van der Waals surface area contributed by atoms with Crippen molar-refractivity contribution in [1.82, 2.24) is 10.2 Å². The summed E-state index contributed by atoms with van der Waals surface area (Å²) < 4.78 is 0. The molecule has 0 bridgehead atoms. The van der Waals surface area contributed by atoms with Crippen molar-refractivity contribution in [1.29, 1.82) is 0 Å². The number of anilines is 1. The Balaban J connectivity index is 1.30. The minimum absolute atomic E-state index is 0.104. The predicted molar refractivity (Wildman–Crippen MR) is 107 cm³/mol. The van der Waals surface area contributed by atoms with Gasteiger partial charge in [0.25, 0.3) is 0 Å². The number of phenols is 1. The van der Waals surface area contributed by atoms with Crippen molar-refractivity contribution in [3.63, 3.8) is 0 Å². The minimum Gasteiger partial charge on any atom is -0.506 e. The van der Waals surface area contributed by atoms with Crippen LogP contribution in [0.2, 0.25) is 0 Å². The van der Waals surface area contributed by atoms with Crippen molar-refractivity contribution >= 4 is 11.6 Å². The molecule has 2 aromatic carbocycles. The topological polar surface area (TPSA) is 55.8 Å². The SMILES string of the molecule is O=C(CN1CCN(c2ccccc2O)CC1)N[C@@H]1CCCc2ccccc21. The van der Waals surface area contributed by atoms with Gasteiger partial charge in [0.15, 0.2) is 0 Å². The highest BCUT2D eigenvalue weighted by Gasteiger charge is 2.24. The fourth-order valence-corrected chi connectivity index (χ4v) is 4.23. The lowest BCUT2D eigenvalue weighted by atomic mass is 9.88. The second-order valence-corrected chi connectivity index (χ2v) is 7.46. The number of hydrogen-bond donors (Lipinski definition) is 2. The summed E-state index contributed by atoms with van der Waals surface area (Å²) in [7, 11) is 0. The van der Waals surface area contributed by atoms with Crippen LogP contribution in [-0.2, 0) is 11.2 Å². The third-order valence-corrected chi connectivity index (χ3v) is 5.67. The molecule has 0 spiro atoms. The Kier molecular flexibility index (Phi) is 5.30. The predicted octanol–water partition coefficient (Wildman–Crippen LogP) is 2.71. The molecular weight excluding hydrogens is 338 g/mol. The number of hydrogen-bond acceptors (Lipinski definition) is 4. The van der Waals surface area contributed by atoms with E-state index in [1.54, 1.807) is 6.07 Å². The number of carbonyl (C=O) groups excluding carboxylic acids is 1. The highest BCUT2D eigenvalue weighted by Crippen LogP contribution is 2.29. The number of nitrogens with one attached hydrogen (secondary N) is 1. The van der Waals surface area contributed by atoms with Crippen LogP contribution in [0.4, 0.5) is 5.69 Å². The summed E-state index contributed by atoms with van der Waals surface area (Å²) in [5.74, 6) is 0.423. The molecule has 5 heteroatoms. The lowest BCUT2D eigenvalue weighted by molar-refractivity contribution is -0.123. The van der Waals surface area contributed by atoms with Crippen LogP contribution in [0.25, 0.3) is 0 Å². The van der Waals surface area contributed by atoms with Gasteiger partial charge in [-0.1, -0.05) is 36.4 Å². The first-order valence-corrected chi connectivity index (χ1v) is 9.83. The van der Waals surface area contributed by atoms with Crippen LogP contribution in [-0.4, -0.2) is 48.6 Å². The number of aryl methyl sites for hydroxylation is 1. The second kappa shape index (κ2) is 8.01. The summed E-state index contributed by atoms with van der Waals surface area (Å²) in [6, 6.07) is 16.0. The monoisotopic (exact) mass is 365 g/mol. The average Bonchev–Trinajstić information content (AvgIpc) is 2.69. The molecule has 27 heavy (non-hydrogen) atoms. The van der Waals surface area contributed by atoms with Gasteiger partial charge in [-0.25, -0.2) is 0 Å². The largest absolute Gasteiger partial charge is 0.506 e. The van der Waals surface area contributed by atoms with Gasteiger partial charge in [0.2, 0.25) is 5.91 Å². The minimum atomic E-state index is 0.104. The number of carbonyl (C=O) groups is 1. The van der Waals surface area contributed by atoms with E-state index in [-0.39, 0.29) is 11.9 Å². The fraction of sp³-hybridized carbons (Fsp3) is 0.409. The number of para-hydroxylation sites is 2. The van der Waals surface area contributed by atoms with E-state index in [4.69, 9.17) is 0 Å². The first-order valence-electron chi connectivity index (χ1n) is 9.83. The Hall–Kier alpha value is -2.53. The highest BCUT2D eigenvalue weighted by molar-refractivity contribution is 5.78. The molecule has 1 aliphatic heterocycles. The van der Waals surface area contributed by atoms with E-state index in [1.165, 1.54) is 11.1 Å². The highest BCUT2D eigenvalue weighted by atomic mass is 16.3. The molecule has 1 aliphatic carbocycles. The molecule has 0 unspecified atom stereocenters. The Bertz CT molecular complexity index is 800. The molecule has 1 heterocycles. The molecule has 2 aromatic rings. The molecule has 1 atom stereocenters. The Morgan fingerprint density at radius 3 is 2.59 bits per heavy atom. The van der Waals surface area contributed by atoms with Crippen LogP contribution in [0.3, 0.4) is 0 Å². The van der Waals surface area contributed by atoms with E-state index in [0.717, 1.165) is 51.1 Å². The first-order chi connectivity index (χ1) is 13.2. The maximum Gasteiger partial charge on any atom is 0.234 e. The zero-order chi connectivity index (χ0) is 18.6. The molecule has 0 saturated carbocycles. The smallest absolute Gasteiger partial charge is 0.234 e.